The Hall–Kier alpha value is -3.84. The molecule has 2 heterocycles. The maximum Gasteiger partial charge on any atom is 0.274 e. The normalized spacial score (nSPS) is 14.1. The molecule has 4 rings (SSSR count). The number of hydrogen-bond donors (Lipinski definition) is 0. The number of hydrogen-bond acceptors (Lipinski definition) is 5. The van der Waals surface area contributed by atoms with E-state index in [-0.39, 0.29) is 11.8 Å². The molecule has 1 aliphatic heterocycles. The zero-order chi connectivity index (χ0) is 25.9. The van der Waals surface area contributed by atoms with E-state index in [1.165, 1.54) is 11.8 Å². The van der Waals surface area contributed by atoms with Crippen LogP contribution in [0.5, 0.6) is 0 Å². The van der Waals surface area contributed by atoms with Crippen LogP contribution in [-0.2, 0) is 11.2 Å². The smallest absolute Gasteiger partial charge is 0.274 e. The van der Waals surface area contributed by atoms with E-state index in [1.807, 2.05) is 60.4 Å². The van der Waals surface area contributed by atoms with Gasteiger partial charge in [-0.15, -0.1) is 0 Å². The molecule has 0 unspecified atom stereocenters. The van der Waals surface area contributed by atoms with Gasteiger partial charge in [0.15, 0.2) is 0 Å². The molecule has 7 nitrogen and oxygen atoms in total. The summed E-state index contributed by atoms with van der Waals surface area (Å²) in [6.07, 6.45) is 8.44. The fourth-order valence-electron chi connectivity index (χ4n) is 4.36. The van der Waals surface area contributed by atoms with Crippen molar-refractivity contribution < 1.29 is 9.59 Å². The minimum absolute atomic E-state index is 0.0898. The van der Waals surface area contributed by atoms with Crippen molar-refractivity contribution in [1.29, 1.82) is 0 Å². The van der Waals surface area contributed by atoms with Gasteiger partial charge in [-0.2, -0.15) is 0 Å². The molecule has 2 aromatic carbocycles. The fourth-order valence-corrected chi connectivity index (χ4v) is 4.36. The van der Waals surface area contributed by atoms with Crippen LogP contribution < -0.4 is 0 Å². The van der Waals surface area contributed by atoms with E-state index < -0.39 is 0 Å². The highest BCUT2D eigenvalue weighted by Crippen LogP contribution is 2.10. The number of rotatable bonds is 10. The Bertz CT molecular complexity index is 1160. The Morgan fingerprint density at radius 3 is 2.27 bits per heavy atom. The van der Waals surface area contributed by atoms with Gasteiger partial charge in [-0.3, -0.25) is 19.5 Å². The van der Waals surface area contributed by atoms with E-state index in [9.17, 15) is 9.59 Å². The van der Waals surface area contributed by atoms with Gasteiger partial charge >= 0.3 is 0 Å². The molecule has 3 aromatic rings. The van der Waals surface area contributed by atoms with Gasteiger partial charge in [0.25, 0.3) is 5.91 Å². The van der Waals surface area contributed by atoms with Crippen molar-refractivity contribution in [3.63, 3.8) is 0 Å². The first-order valence-electron chi connectivity index (χ1n) is 12.9. The van der Waals surface area contributed by atoms with Gasteiger partial charge < -0.3 is 9.80 Å². The van der Waals surface area contributed by atoms with Crippen LogP contribution in [-0.4, -0.2) is 82.3 Å². The van der Waals surface area contributed by atoms with Crippen molar-refractivity contribution in [3.8, 4) is 0 Å². The molecule has 0 spiro atoms. The highest BCUT2D eigenvalue weighted by molar-refractivity contribution is 5.92. The Morgan fingerprint density at radius 2 is 1.59 bits per heavy atom. The molecular weight excluding hydrogens is 462 g/mol. The first-order valence-corrected chi connectivity index (χ1v) is 12.9. The van der Waals surface area contributed by atoms with Crippen molar-refractivity contribution >= 4 is 17.9 Å². The van der Waals surface area contributed by atoms with Gasteiger partial charge in [0.1, 0.15) is 5.69 Å². The summed E-state index contributed by atoms with van der Waals surface area (Å²) in [7, 11) is 0. The Balaban J connectivity index is 1.28. The molecule has 0 radical (unpaired) electrons. The number of carbonyl (C=O) groups is 2. The summed E-state index contributed by atoms with van der Waals surface area (Å²) in [5.74, 6) is -0.0989. The molecule has 0 bridgehead atoms. The molecule has 0 saturated carbocycles. The van der Waals surface area contributed by atoms with Crippen molar-refractivity contribution in [2.24, 2.45) is 0 Å². The quantitative estimate of drug-likeness (QED) is 0.427. The second kappa shape index (κ2) is 13.5. The van der Waals surface area contributed by atoms with Crippen LogP contribution in [0.15, 0.2) is 79.1 Å². The Kier molecular flexibility index (Phi) is 9.54. The molecule has 0 aliphatic carbocycles. The van der Waals surface area contributed by atoms with Gasteiger partial charge in [0.2, 0.25) is 5.91 Å². The van der Waals surface area contributed by atoms with E-state index in [2.05, 4.69) is 39.2 Å². The lowest BCUT2D eigenvalue weighted by atomic mass is 10.1. The zero-order valence-corrected chi connectivity index (χ0v) is 21.5. The summed E-state index contributed by atoms with van der Waals surface area (Å²) in [5, 5.41) is 0. The standard InChI is InChI=1S/C30H35N5O2/c1-25-23-32-28(24-31-25)30(37)35(17-14-27-11-6-3-7-12-27)18-15-29(36)34-21-19-33(20-22-34)16-8-13-26-9-4-2-5-10-26/h2-13,23-24H,14-22H2,1H3. The molecule has 0 N–H and O–H groups in total. The monoisotopic (exact) mass is 497 g/mol. The van der Waals surface area contributed by atoms with Crippen LogP contribution in [0.25, 0.3) is 6.08 Å². The van der Waals surface area contributed by atoms with Crippen molar-refractivity contribution in [2.75, 3.05) is 45.8 Å². The molecule has 192 valence electrons. The molecule has 2 amide bonds. The third-order valence-electron chi connectivity index (χ3n) is 6.59. The van der Waals surface area contributed by atoms with Crippen molar-refractivity contribution in [1.82, 2.24) is 24.7 Å². The average Bonchev–Trinajstić information content (AvgIpc) is 2.94. The minimum atomic E-state index is -0.189. The second-order valence-electron chi connectivity index (χ2n) is 9.32. The number of carbonyl (C=O) groups excluding carboxylic acids is 2. The summed E-state index contributed by atoms with van der Waals surface area (Å²) in [6.45, 7) is 6.70. The first kappa shape index (κ1) is 26.2. The molecule has 1 saturated heterocycles. The average molecular weight is 498 g/mol. The maximum atomic E-state index is 13.2. The SMILES string of the molecule is Cc1cnc(C(=O)N(CCC(=O)N2CCN(CC=Cc3ccccc3)CC2)CCc2ccccc2)cn1. The minimum Gasteiger partial charge on any atom is -0.340 e. The van der Waals surface area contributed by atoms with Crippen LogP contribution in [0, 0.1) is 6.92 Å². The first-order chi connectivity index (χ1) is 18.1. The highest BCUT2D eigenvalue weighted by Gasteiger charge is 2.23. The van der Waals surface area contributed by atoms with E-state index in [0.717, 1.165) is 37.3 Å². The molecule has 1 fully saturated rings. The second-order valence-corrected chi connectivity index (χ2v) is 9.32. The zero-order valence-electron chi connectivity index (χ0n) is 21.5. The largest absolute Gasteiger partial charge is 0.340 e. The number of piperazine rings is 1. The lowest BCUT2D eigenvalue weighted by Crippen LogP contribution is -2.49. The number of nitrogens with zero attached hydrogens (tertiary/aromatic N) is 5. The molecular formula is C30H35N5O2. The van der Waals surface area contributed by atoms with E-state index in [0.29, 0.717) is 38.3 Å². The molecule has 1 aromatic heterocycles. The third kappa shape index (κ3) is 8.08. The lowest BCUT2D eigenvalue weighted by molar-refractivity contribution is -0.133. The number of benzene rings is 2. The van der Waals surface area contributed by atoms with Crippen LogP contribution in [0.1, 0.15) is 33.7 Å². The fraction of sp³-hybridized carbons (Fsp3) is 0.333. The van der Waals surface area contributed by atoms with Crippen LogP contribution in [0.3, 0.4) is 0 Å². The molecule has 37 heavy (non-hydrogen) atoms. The summed E-state index contributed by atoms with van der Waals surface area (Å²) in [5.41, 5.74) is 3.42. The lowest BCUT2D eigenvalue weighted by Gasteiger charge is -2.34. The van der Waals surface area contributed by atoms with Crippen LogP contribution >= 0.6 is 0 Å². The van der Waals surface area contributed by atoms with Gasteiger partial charge in [0, 0.05) is 58.4 Å². The van der Waals surface area contributed by atoms with E-state index >= 15 is 0 Å². The summed E-state index contributed by atoms with van der Waals surface area (Å²) in [6, 6.07) is 20.3. The molecule has 1 aliphatic rings. The van der Waals surface area contributed by atoms with Crippen molar-refractivity contribution in [2.45, 2.75) is 19.8 Å². The third-order valence-corrected chi connectivity index (χ3v) is 6.59. The summed E-state index contributed by atoms with van der Waals surface area (Å²) in [4.78, 5) is 40.7. The van der Waals surface area contributed by atoms with Gasteiger partial charge in [-0.25, -0.2) is 4.98 Å². The topological polar surface area (TPSA) is 69.6 Å². The summed E-state index contributed by atoms with van der Waals surface area (Å²) < 4.78 is 0. The van der Waals surface area contributed by atoms with E-state index in [4.69, 9.17) is 0 Å². The highest BCUT2D eigenvalue weighted by atomic mass is 16.2. The van der Waals surface area contributed by atoms with E-state index in [1.54, 1.807) is 11.1 Å². The Morgan fingerprint density at radius 1 is 0.892 bits per heavy atom. The maximum absolute atomic E-state index is 13.2. The van der Waals surface area contributed by atoms with Gasteiger partial charge in [-0.1, -0.05) is 72.8 Å². The predicted molar refractivity (Wildman–Crippen MR) is 146 cm³/mol. The van der Waals surface area contributed by atoms with Crippen LogP contribution in [0.2, 0.25) is 0 Å². The predicted octanol–water partition coefficient (Wildman–Crippen LogP) is 3.72. The number of amides is 2. The molecule has 7 heteroatoms. The Labute approximate surface area is 219 Å². The number of aryl methyl sites for hydroxylation is 1. The van der Waals surface area contributed by atoms with Crippen molar-refractivity contribution in [3.05, 3.63) is 102 Å². The molecule has 0 atom stereocenters. The summed E-state index contributed by atoms with van der Waals surface area (Å²) >= 11 is 0. The van der Waals surface area contributed by atoms with Crippen LogP contribution in [0.4, 0.5) is 0 Å². The van der Waals surface area contributed by atoms with Gasteiger partial charge in [0.05, 0.1) is 11.9 Å². The van der Waals surface area contributed by atoms with Gasteiger partial charge in [-0.05, 0) is 24.5 Å². The number of aromatic nitrogens is 2.